The summed E-state index contributed by atoms with van der Waals surface area (Å²) in [4.78, 5) is 18.1. The maximum Gasteiger partial charge on any atom is 0.293 e. The quantitative estimate of drug-likeness (QED) is 0.441. The minimum Gasteiger partial charge on any atom is -0.356 e. The Morgan fingerprint density at radius 3 is 2.90 bits per heavy atom. The molecule has 4 rings (SSSR count). The van der Waals surface area contributed by atoms with Crippen molar-refractivity contribution in [2.75, 3.05) is 0 Å². The molecule has 1 N–H and O–H groups in total. The Bertz CT molecular complexity index is 987. The van der Waals surface area contributed by atoms with Gasteiger partial charge in [0.25, 0.3) is 5.69 Å². The number of H-pyrrole nitrogens is 1. The van der Waals surface area contributed by atoms with Crippen molar-refractivity contribution in [3.8, 4) is 11.1 Å². The van der Waals surface area contributed by atoms with E-state index in [0.29, 0.717) is 5.52 Å². The van der Waals surface area contributed by atoms with Crippen LogP contribution in [0.25, 0.3) is 32.2 Å². The predicted octanol–water partition coefficient (Wildman–Crippen LogP) is 4.35. The van der Waals surface area contributed by atoms with Crippen molar-refractivity contribution in [3.63, 3.8) is 0 Å². The highest BCUT2D eigenvalue weighted by Crippen LogP contribution is 2.33. The van der Waals surface area contributed by atoms with Gasteiger partial charge in [-0.05, 0) is 35.4 Å². The second kappa shape index (κ2) is 4.39. The molecule has 21 heavy (non-hydrogen) atoms. The molecule has 6 heteroatoms. The number of benzene rings is 2. The van der Waals surface area contributed by atoms with E-state index >= 15 is 0 Å². The number of non-ortho nitro benzene ring substituents is 1. The number of nitrogens with zero attached hydrogens (tertiary/aromatic N) is 2. The number of nitro benzene ring substituents is 1. The fourth-order valence-electron chi connectivity index (χ4n) is 2.50. The lowest BCUT2D eigenvalue weighted by atomic mass is 10.0. The molecule has 0 aliphatic carbocycles. The van der Waals surface area contributed by atoms with Crippen molar-refractivity contribution in [1.29, 1.82) is 0 Å². The van der Waals surface area contributed by atoms with Gasteiger partial charge in [0.1, 0.15) is 5.52 Å². The summed E-state index contributed by atoms with van der Waals surface area (Å²) < 4.78 is 1.11. The molecule has 2 aromatic carbocycles. The van der Waals surface area contributed by atoms with Crippen molar-refractivity contribution in [2.45, 2.75) is 0 Å². The van der Waals surface area contributed by atoms with E-state index in [9.17, 15) is 10.1 Å². The van der Waals surface area contributed by atoms with E-state index in [-0.39, 0.29) is 10.6 Å². The third-order valence-electron chi connectivity index (χ3n) is 3.50. The predicted molar refractivity (Wildman–Crippen MR) is 83.6 cm³/mol. The van der Waals surface area contributed by atoms with Crippen LogP contribution in [0.4, 0.5) is 5.69 Å². The first kappa shape index (κ1) is 12.0. The van der Waals surface area contributed by atoms with Gasteiger partial charge in [-0.1, -0.05) is 6.07 Å². The van der Waals surface area contributed by atoms with Crippen LogP contribution in [0.2, 0.25) is 0 Å². The van der Waals surface area contributed by atoms with Crippen LogP contribution >= 0.6 is 11.3 Å². The number of thiazole rings is 1. The number of aromatic amines is 1. The molecule has 0 atom stereocenters. The summed E-state index contributed by atoms with van der Waals surface area (Å²) in [5, 5.41) is 12.1. The van der Waals surface area contributed by atoms with Gasteiger partial charge in [-0.2, -0.15) is 0 Å². The van der Waals surface area contributed by atoms with Gasteiger partial charge in [-0.15, -0.1) is 11.3 Å². The zero-order valence-corrected chi connectivity index (χ0v) is 11.6. The van der Waals surface area contributed by atoms with Crippen LogP contribution in [0.3, 0.4) is 0 Å². The van der Waals surface area contributed by atoms with E-state index in [2.05, 4.69) is 9.97 Å². The highest BCUT2D eigenvalue weighted by molar-refractivity contribution is 7.16. The van der Waals surface area contributed by atoms with Crippen LogP contribution in [-0.2, 0) is 0 Å². The van der Waals surface area contributed by atoms with Gasteiger partial charge in [-0.3, -0.25) is 10.1 Å². The Morgan fingerprint density at radius 1 is 1.14 bits per heavy atom. The molecule has 0 saturated carbocycles. The van der Waals surface area contributed by atoms with E-state index in [1.165, 1.54) is 0 Å². The maximum absolute atomic E-state index is 11.2. The Labute approximate surface area is 123 Å². The summed E-state index contributed by atoms with van der Waals surface area (Å²) in [7, 11) is 0. The monoisotopic (exact) mass is 295 g/mol. The normalized spacial score (nSPS) is 11.2. The second-order valence-electron chi connectivity index (χ2n) is 4.73. The summed E-state index contributed by atoms with van der Waals surface area (Å²) in [6.45, 7) is 0. The minimum absolute atomic E-state index is 0.0888. The number of nitrogens with one attached hydrogen (secondary N) is 1. The molecule has 0 radical (unpaired) electrons. The van der Waals surface area contributed by atoms with Gasteiger partial charge in [0.2, 0.25) is 0 Å². The zero-order valence-electron chi connectivity index (χ0n) is 10.7. The van der Waals surface area contributed by atoms with Crippen molar-refractivity contribution >= 4 is 38.1 Å². The van der Waals surface area contributed by atoms with Crippen LogP contribution in [-0.4, -0.2) is 14.9 Å². The Kier molecular flexibility index (Phi) is 2.52. The fraction of sp³-hybridized carbons (Fsp3) is 0. The first-order valence-electron chi connectivity index (χ1n) is 6.31. The second-order valence-corrected chi connectivity index (χ2v) is 5.62. The number of hydrogen-bond acceptors (Lipinski definition) is 4. The van der Waals surface area contributed by atoms with Gasteiger partial charge in [-0.25, -0.2) is 4.98 Å². The minimum atomic E-state index is -0.357. The Morgan fingerprint density at radius 2 is 2.05 bits per heavy atom. The average molecular weight is 295 g/mol. The number of aromatic nitrogens is 2. The lowest BCUT2D eigenvalue weighted by Crippen LogP contribution is -1.90. The van der Waals surface area contributed by atoms with Crippen molar-refractivity contribution in [1.82, 2.24) is 9.97 Å². The van der Waals surface area contributed by atoms with Crippen LogP contribution < -0.4 is 0 Å². The van der Waals surface area contributed by atoms with E-state index in [0.717, 1.165) is 26.7 Å². The summed E-state index contributed by atoms with van der Waals surface area (Å²) >= 11 is 1.58. The first-order valence-corrected chi connectivity index (χ1v) is 7.19. The van der Waals surface area contributed by atoms with Crippen LogP contribution in [0, 0.1) is 10.1 Å². The van der Waals surface area contributed by atoms with Crippen molar-refractivity contribution in [3.05, 3.63) is 58.2 Å². The molecule has 0 fully saturated rings. The molecular formula is C15H9N3O2S. The van der Waals surface area contributed by atoms with Gasteiger partial charge < -0.3 is 4.98 Å². The molecule has 0 saturated heterocycles. The topological polar surface area (TPSA) is 71.8 Å². The lowest BCUT2D eigenvalue weighted by Gasteiger charge is -2.03. The molecule has 0 aliphatic rings. The van der Waals surface area contributed by atoms with Crippen LogP contribution in [0.15, 0.2) is 48.1 Å². The molecule has 2 heterocycles. The summed E-state index contributed by atoms with van der Waals surface area (Å²) in [6, 6.07) is 11.3. The molecule has 0 unspecified atom stereocenters. The molecule has 5 nitrogen and oxygen atoms in total. The van der Waals surface area contributed by atoms with E-state index in [1.807, 2.05) is 30.3 Å². The summed E-state index contributed by atoms with van der Waals surface area (Å²) in [5.41, 5.74) is 5.11. The smallest absolute Gasteiger partial charge is 0.293 e. The summed E-state index contributed by atoms with van der Waals surface area (Å²) in [6.07, 6.45) is 1.71. The molecule has 0 bridgehead atoms. The third-order valence-corrected chi connectivity index (χ3v) is 4.31. The number of fused-ring (bicyclic) bond motifs is 2. The fourth-order valence-corrected chi connectivity index (χ4v) is 3.16. The van der Waals surface area contributed by atoms with E-state index < -0.39 is 0 Å². The number of nitro groups is 1. The zero-order chi connectivity index (χ0) is 14.4. The Hall–Kier alpha value is -2.73. The highest BCUT2D eigenvalue weighted by Gasteiger charge is 2.15. The van der Waals surface area contributed by atoms with E-state index in [1.54, 1.807) is 29.1 Å². The third kappa shape index (κ3) is 1.88. The van der Waals surface area contributed by atoms with Gasteiger partial charge >= 0.3 is 0 Å². The molecule has 2 aromatic heterocycles. The molecule has 0 spiro atoms. The molecule has 0 aliphatic heterocycles. The van der Waals surface area contributed by atoms with Crippen LogP contribution in [0.1, 0.15) is 0 Å². The van der Waals surface area contributed by atoms with Crippen molar-refractivity contribution in [2.24, 2.45) is 0 Å². The van der Waals surface area contributed by atoms with Gasteiger partial charge in [0.05, 0.1) is 20.7 Å². The van der Waals surface area contributed by atoms with Crippen molar-refractivity contribution < 1.29 is 4.92 Å². The molecule has 0 amide bonds. The first-order chi connectivity index (χ1) is 10.2. The average Bonchev–Trinajstić information content (AvgIpc) is 3.13. The van der Waals surface area contributed by atoms with Gasteiger partial charge in [0.15, 0.2) is 0 Å². The lowest BCUT2D eigenvalue weighted by molar-refractivity contribution is -0.383. The molecule has 102 valence electrons. The maximum atomic E-state index is 11.2. The SMILES string of the molecule is O=[N+]([O-])c1cc(-c2ccc3scnc3c2)cc2cc[nH]c12. The van der Waals surface area contributed by atoms with Gasteiger partial charge in [0, 0.05) is 17.6 Å². The highest BCUT2D eigenvalue weighted by atomic mass is 32.1. The molecule has 4 aromatic rings. The largest absolute Gasteiger partial charge is 0.356 e. The molecular weight excluding hydrogens is 286 g/mol. The Balaban J connectivity index is 1.98. The van der Waals surface area contributed by atoms with E-state index in [4.69, 9.17) is 0 Å². The summed E-state index contributed by atoms with van der Waals surface area (Å²) in [5.74, 6) is 0. The number of hydrogen-bond donors (Lipinski definition) is 1. The standard InChI is InChI=1S/C15H9N3O2S/c19-18(20)13-7-11(5-10-3-4-16-15(10)13)9-1-2-14-12(6-9)17-8-21-14/h1-8,16H. The number of rotatable bonds is 2. The van der Waals surface area contributed by atoms with Crippen LogP contribution in [0.5, 0.6) is 0 Å².